The third-order valence-corrected chi connectivity index (χ3v) is 3.93. The lowest BCUT2D eigenvalue weighted by atomic mass is 10.2. The lowest BCUT2D eigenvalue weighted by molar-refractivity contribution is 0.164. The second-order valence-corrected chi connectivity index (χ2v) is 5.44. The molecule has 1 aliphatic rings. The highest BCUT2D eigenvalue weighted by molar-refractivity contribution is 5.21. The van der Waals surface area contributed by atoms with Crippen LogP contribution in [0, 0.1) is 0 Å². The lowest BCUT2D eigenvalue weighted by Gasteiger charge is -2.23. The van der Waals surface area contributed by atoms with Gasteiger partial charge in [0.2, 0.25) is 0 Å². The molecule has 5 heteroatoms. The van der Waals surface area contributed by atoms with E-state index in [-0.39, 0.29) is 0 Å². The van der Waals surface area contributed by atoms with Gasteiger partial charge in [-0.15, -0.1) is 0 Å². The zero-order chi connectivity index (χ0) is 14.5. The molecular weight excluding hydrogens is 264 g/mol. The molecule has 0 unspecified atom stereocenters. The second kappa shape index (κ2) is 6.72. The van der Waals surface area contributed by atoms with Gasteiger partial charge >= 0.3 is 0 Å². The predicted molar refractivity (Wildman–Crippen MR) is 81.1 cm³/mol. The van der Waals surface area contributed by atoms with Crippen LogP contribution in [-0.4, -0.2) is 39.3 Å². The van der Waals surface area contributed by atoms with Gasteiger partial charge in [-0.3, -0.25) is 10.00 Å². The Morgan fingerprint density at radius 2 is 2.19 bits per heavy atom. The van der Waals surface area contributed by atoms with Crippen LogP contribution in [-0.2, 0) is 13.0 Å². The summed E-state index contributed by atoms with van der Waals surface area (Å²) in [4.78, 5) is 6.93. The predicted octanol–water partition coefficient (Wildman–Crippen LogP) is 2.41. The molecule has 3 rings (SSSR count). The van der Waals surface area contributed by atoms with Crippen LogP contribution in [0.3, 0.4) is 0 Å². The largest absolute Gasteiger partial charge is 0.492 e. The van der Waals surface area contributed by atoms with Gasteiger partial charge in [0, 0.05) is 12.5 Å². The fraction of sp³-hybridized carbons (Fsp3) is 0.500. The van der Waals surface area contributed by atoms with Gasteiger partial charge in [-0.05, 0) is 31.5 Å². The molecule has 112 valence electrons. The van der Waals surface area contributed by atoms with Crippen molar-refractivity contribution in [3.63, 3.8) is 0 Å². The maximum Gasteiger partial charge on any atom is 0.150 e. The number of rotatable bonds is 6. The molecule has 0 bridgehead atoms. The standard InChI is InChI=1S/C16H22N4O/c1-2-15-17-16(19-18-15)11-20-10-6-7-13(20)12-21-14-8-4-3-5-9-14/h3-5,8-9,13H,2,6-7,10-12H2,1H3,(H,17,18,19)/t13-/m1/s1. The molecule has 2 heterocycles. The van der Waals surface area contributed by atoms with Crippen molar-refractivity contribution in [2.45, 2.75) is 38.8 Å². The highest BCUT2D eigenvalue weighted by Crippen LogP contribution is 2.20. The van der Waals surface area contributed by atoms with Crippen molar-refractivity contribution >= 4 is 0 Å². The van der Waals surface area contributed by atoms with Gasteiger partial charge in [0.1, 0.15) is 24.0 Å². The first-order valence-electron chi connectivity index (χ1n) is 7.67. The second-order valence-electron chi connectivity index (χ2n) is 5.44. The maximum atomic E-state index is 5.90. The first-order valence-corrected chi connectivity index (χ1v) is 7.67. The number of aromatic amines is 1. The summed E-state index contributed by atoms with van der Waals surface area (Å²) >= 11 is 0. The molecule has 0 spiro atoms. The highest BCUT2D eigenvalue weighted by atomic mass is 16.5. The van der Waals surface area contributed by atoms with Crippen molar-refractivity contribution in [2.24, 2.45) is 0 Å². The molecular formula is C16H22N4O. The molecule has 21 heavy (non-hydrogen) atoms. The van der Waals surface area contributed by atoms with Crippen LogP contribution in [0.5, 0.6) is 5.75 Å². The molecule has 1 N–H and O–H groups in total. The number of para-hydroxylation sites is 1. The first-order chi connectivity index (χ1) is 10.3. The van der Waals surface area contributed by atoms with Crippen LogP contribution < -0.4 is 4.74 Å². The fourth-order valence-electron chi connectivity index (χ4n) is 2.76. The molecule has 1 aromatic heterocycles. The molecule has 1 fully saturated rings. The van der Waals surface area contributed by atoms with Gasteiger partial charge in [-0.1, -0.05) is 25.1 Å². The third-order valence-electron chi connectivity index (χ3n) is 3.93. The molecule has 0 saturated carbocycles. The number of H-pyrrole nitrogens is 1. The minimum Gasteiger partial charge on any atom is -0.492 e. The summed E-state index contributed by atoms with van der Waals surface area (Å²) in [6.45, 7) is 4.74. The molecule has 0 aliphatic carbocycles. The Bertz CT molecular complexity index is 554. The van der Waals surface area contributed by atoms with E-state index in [0.29, 0.717) is 6.04 Å². The van der Waals surface area contributed by atoms with Gasteiger partial charge < -0.3 is 4.74 Å². The Morgan fingerprint density at radius 1 is 1.33 bits per heavy atom. The summed E-state index contributed by atoms with van der Waals surface area (Å²) in [7, 11) is 0. The summed E-state index contributed by atoms with van der Waals surface area (Å²) in [6.07, 6.45) is 3.27. The number of nitrogens with zero attached hydrogens (tertiary/aromatic N) is 3. The Hall–Kier alpha value is -1.88. The monoisotopic (exact) mass is 286 g/mol. The van der Waals surface area contributed by atoms with Gasteiger partial charge in [0.15, 0.2) is 0 Å². The summed E-state index contributed by atoms with van der Waals surface area (Å²) in [6, 6.07) is 10.5. The SMILES string of the molecule is CCc1n[nH]c(CN2CCC[C@@H]2COc2ccccc2)n1. The zero-order valence-corrected chi connectivity index (χ0v) is 12.5. The number of ether oxygens (including phenoxy) is 1. The summed E-state index contributed by atoms with van der Waals surface area (Å²) in [5, 5.41) is 7.24. The van der Waals surface area contributed by atoms with Crippen molar-refractivity contribution in [1.82, 2.24) is 20.1 Å². The van der Waals surface area contributed by atoms with E-state index in [1.165, 1.54) is 12.8 Å². The molecule has 2 aromatic rings. The van der Waals surface area contributed by atoms with Crippen molar-refractivity contribution < 1.29 is 4.74 Å². The Morgan fingerprint density at radius 3 is 2.95 bits per heavy atom. The van der Waals surface area contributed by atoms with Crippen LogP contribution in [0.2, 0.25) is 0 Å². The Kier molecular flexibility index (Phi) is 4.50. The number of hydrogen-bond acceptors (Lipinski definition) is 4. The summed E-state index contributed by atoms with van der Waals surface area (Å²) in [5.41, 5.74) is 0. The van der Waals surface area contributed by atoms with Crippen LogP contribution in [0.25, 0.3) is 0 Å². The molecule has 1 atom stereocenters. The van der Waals surface area contributed by atoms with E-state index < -0.39 is 0 Å². The number of aryl methyl sites for hydroxylation is 1. The smallest absolute Gasteiger partial charge is 0.150 e. The molecule has 1 aromatic carbocycles. The number of hydrogen-bond donors (Lipinski definition) is 1. The molecule has 0 radical (unpaired) electrons. The Labute approximate surface area is 125 Å². The minimum absolute atomic E-state index is 0.459. The van der Waals surface area contributed by atoms with Crippen LogP contribution in [0.4, 0.5) is 0 Å². The summed E-state index contributed by atoms with van der Waals surface area (Å²) < 4.78 is 5.90. The van der Waals surface area contributed by atoms with Gasteiger partial charge in [0.05, 0.1) is 6.54 Å². The van der Waals surface area contributed by atoms with Gasteiger partial charge in [-0.25, -0.2) is 4.98 Å². The number of likely N-dealkylation sites (tertiary alicyclic amines) is 1. The van der Waals surface area contributed by atoms with Gasteiger partial charge in [-0.2, -0.15) is 5.10 Å². The maximum absolute atomic E-state index is 5.90. The van der Waals surface area contributed by atoms with E-state index in [1.807, 2.05) is 30.3 Å². The molecule has 1 saturated heterocycles. The topological polar surface area (TPSA) is 54.0 Å². The quantitative estimate of drug-likeness (QED) is 0.886. The van der Waals surface area contributed by atoms with Crippen molar-refractivity contribution in [2.75, 3.05) is 13.2 Å². The fourth-order valence-corrected chi connectivity index (χ4v) is 2.76. The van der Waals surface area contributed by atoms with Crippen molar-refractivity contribution in [3.8, 4) is 5.75 Å². The average molecular weight is 286 g/mol. The minimum atomic E-state index is 0.459. The molecule has 5 nitrogen and oxygen atoms in total. The molecule has 1 aliphatic heterocycles. The van der Waals surface area contributed by atoms with Gasteiger partial charge in [0.25, 0.3) is 0 Å². The molecule has 0 amide bonds. The Balaban J connectivity index is 1.55. The van der Waals surface area contributed by atoms with Crippen molar-refractivity contribution in [1.29, 1.82) is 0 Å². The van der Waals surface area contributed by atoms with E-state index in [9.17, 15) is 0 Å². The van der Waals surface area contributed by atoms with Crippen LogP contribution in [0.1, 0.15) is 31.4 Å². The summed E-state index contributed by atoms with van der Waals surface area (Å²) in [5.74, 6) is 2.79. The third kappa shape index (κ3) is 3.61. The number of benzene rings is 1. The van der Waals surface area contributed by atoms with E-state index in [0.717, 1.165) is 43.5 Å². The lowest BCUT2D eigenvalue weighted by Crippen LogP contribution is -2.34. The van der Waals surface area contributed by atoms with Crippen LogP contribution in [0.15, 0.2) is 30.3 Å². The number of nitrogens with one attached hydrogen (secondary N) is 1. The number of aromatic nitrogens is 3. The van der Waals surface area contributed by atoms with E-state index in [2.05, 4.69) is 27.0 Å². The zero-order valence-electron chi connectivity index (χ0n) is 12.5. The van der Waals surface area contributed by atoms with Crippen molar-refractivity contribution in [3.05, 3.63) is 42.0 Å². The van der Waals surface area contributed by atoms with E-state index >= 15 is 0 Å². The van der Waals surface area contributed by atoms with Crippen LogP contribution >= 0.6 is 0 Å². The first kappa shape index (κ1) is 14.1. The van der Waals surface area contributed by atoms with E-state index in [4.69, 9.17) is 4.74 Å². The highest BCUT2D eigenvalue weighted by Gasteiger charge is 2.26. The average Bonchev–Trinajstić information content (AvgIpc) is 3.16. The normalized spacial score (nSPS) is 19.0. The van der Waals surface area contributed by atoms with E-state index in [1.54, 1.807) is 0 Å².